The maximum absolute atomic E-state index is 12.0. The molecule has 0 aliphatic carbocycles. The van der Waals surface area contributed by atoms with E-state index >= 15 is 0 Å². The fourth-order valence-electron chi connectivity index (χ4n) is 1.98. The van der Waals surface area contributed by atoms with Crippen LogP contribution in [-0.2, 0) is 0 Å². The third-order valence-corrected chi connectivity index (χ3v) is 4.16. The van der Waals surface area contributed by atoms with E-state index in [-0.39, 0.29) is 12.1 Å². The number of amides is 2. The van der Waals surface area contributed by atoms with E-state index in [1.807, 2.05) is 31.6 Å². The number of thiophene rings is 1. The summed E-state index contributed by atoms with van der Waals surface area (Å²) in [6.45, 7) is 0.528. The molecule has 6 heteroatoms. The Kier molecular flexibility index (Phi) is 5.61. The van der Waals surface area contributed by atoms with Crippen LogP contribution in [0.1, 0.15) is 11.6 Å². The van der Waals surface area contributed by atoms with Gasteiger partial charge in [0.25, 0.3) is 0 Å². The molecule has 0 spiro atoms. The molecule has 2 amide bonds. The van der Waals surface area contributed by atoms with Gasteiger partial charge in [0.05, 0.1) is 16.8 Å². The summed E-state index contributed by atoms with van der Waals surface area (Å²) in [7, 11) is 3.99. The summed E-state index contributed by atoms with van der Waals surface area (Å²) < 4.78 is 0. The van der Waals surface area contributed by atoms with Crippen molar-refractivity contribution >= 4 is 34.7 Å². The minimum Gasteiger partial charge on any atom is -0.336 e. The van der Waals surface area contributed by atoms with Gasteiger partial charge in [-0.15, -0.1) is 0 Å². The summed E-state index contributed by atoms with van der Waals surface area (Å²) in [4.78, 5) is 14.0. The Morgan fingerprint density at radius 2 is 2.10 bits per heavy atom. The Balaban J connectivity index is 1.92. The molecule has 1 atom stereocenters. The van der Waals surface area contributed by atoms with Crippen molar-refractivity contribution in [3.63, 3.8) is 0 Å². The van der Waals surface area contributed by atoms with Crippen LogP contribution >= 0.6 is 22.9 Å². The summed E-state index contributed by atoms with van der Waals surface area (Å²) in [5, 5.41) is 10.3. The minimum absolute atomic E-state index is 0.147. The fourth-order valence-corrected chi connectivity index (χ4v) is 2.87. The molecular formula is C15H18ClN3OS. The number of benzene rings is 1. The summed E-state index contributed by atoms with van der Waals surface area (Å²) in [6, 6.07) is 9.12. The Bertz CT molecular complexity index is 586. The Hall–Kier alpha value is -1.56. The van der Waals surface area contributed by atoms with Crippen LogP contribution in [0, 0.1) is 0 Å². The van der Waals surface area contributed by atoms with Gasteiger partial charge in [0.2, 0.25) is 0 Å². The SMILES string of the molecule is CN(C)[C@H](CNC(=O)Nc1ccccc1Cl)c1ccsc1. The first-order chi connectivity index (χ1) is 10.1. The first-order valence-electron chi connectivity index (χ1n) is 6.56. The number of nitrogens with one attached hydrogen (secondary N) is 2. The fraction of sp³-hybridized carbons (Fsp3) is 0.267. The molecule has 2 N–H and O–H groups in total. The van der Waals surface area contributed by atoms with Gasteiger partial charge < -0.3 is 15.5 Å². The quantitative estimate of drug-likeness (QED) is 0.878. The normalized spacial score (nSPS) is 12.2. The van der Waals surface area contributed by atoms with Crippen LogP contribution < -0.4 is 10.6 Å². The maximum Gasteiger partial charge on any atom is 0.319 e. The van der Waals surface area contributed by atoms with Gasteiger partial charge in [-0.3, -0.25) is 0 Å². The highest BCUT2D eigenvalue weighted by Gasteiger charge is 2.15. The molecule has 1 aromatic carbocycles. The topological polar surface area (TPSA) is 44.4 Å². The molecule has 0 fully saturated rings. The van der Waals surface area contributed by atoms with Crippen molar-refractivity contribution < 1.29 is 4.79 Å². The highest BCUT2D eigenvalue weighted by molar-refractivity contribution is 7.07. The summed E-state index contributed by atoms with van der Waals surface area (Å²) in [5.41, 5.74) is 1.80. The zero-order valence-electron chi connectivity index (χ0n) is 12.0. The zero-order chi connectivity index (χ0) is 15.2. The van der Waals surface area contributed by atoms with E-state index in [0.29, 0.717) is 17.3 Å². The molecule has 0 saturated carbocycles. The van der Waals surface area contributed by atoms with Gasteiger partial charge in [0.1, 0.15) is 0 Å². The van der Waals surface area contributed by atoms with Crippen LogP contribution in [0.5, 0.6) is 0 Å². The van der Waals surface area contributed by atoms with Gasteiger partial charge in [-0.05, 0) is 48.6 Å². The molecule has 21 heavy (non-hydrogen) atoms. The maximum atomic E-state index is 12.0. The monoisotopic (exact) mass is 323 g/mol. The first kappa shape index (κ1) is 15.8. The number of likely N-dealkylation sites (N-methyl/N-ethyl adjacent to an activating group) is 1. The van der Waals surface area contributed by atoms with Crippen LogP contribution in [0.25, 0.3) is 0 Å². The summed E-state index contributed by atoms with van der Waals surface area (Å²) in [5.74, 6) is 0. The molecule has 0 radical (unpaired) electrons. The molecule has 1 aromatic heterocycles. The van der Waals surface area contributed by atoms with E-state index in [2.05, 4.69) is 27.0 Å². The number of rotatable bonds is 5. The van der Waals surface area contributed by atoms with Gasteiger partial charge in [-0.2, -0.15) is 11.3 Å². The number of para-hydroxylation sites is 1. The van der Waals surface area contributed by atoms with Crippen molar-refractivity contribution in [2.75, 3.05) is 26.0 Å². The van der Waals surface area contributed by atoms with Crippen molar-refractivity contribution in [2.45, 2.75) is 6.04 Å². The predicted octanol–water partition coefficient (Wildman–Crippen LogP) is 3.83. The van der Waals surface area contributed by atoms with E-state index in [0.717, 1.165) is 0 Å². The average Bonchev–Trinajstić information content (AvgIpc) is 2.95. The molecule has 0 unspecified atom stereocenters. The van der Waals surface area contributed by atoms with Gasteiger partial charge >= 0.3 is 6.03 Å². The van der Waals surface area contributed by atoms with Crippen molar-refractivity contribution in [1.29, 1.82) is 0 Å². The lowest BCUT2D eigenvalue weighted by Gasteiger charge is -2.24. The lowest BCUT2D eigenvalue weighted by atomic mass is 10.1. The van der Waals surface area contributed by atoms with Gasteiger partial charge in [-0.25, -0.2) is 4.79 Å². The van der Waals surface area contributed by atoms with Crippen molar-refractivity contribution in [1.82, 2.24) is 10.2 Å². The standard InChI is InChI=1S/C15H18ClN3OS/c1-19(2)14(11-7-8-21-10-11)9-17-15(20)18-13-6-4-3-5-12(13)16/h3-8,10,14H,9H2,1-2H3,(H2,17,18,20)/t14-/m1/s1. The number of anilines is 1. The second-order valence-electron chi connectivity index (χ2n) is 4.85. The number of urea groups is 1. The number of halogens is 1. The first-order valence-corrected chi connectivity index (χ1v) is 7.88. The summed E-state index contributed by atoms with van der Waals surface area (Å²) >= 11 is 7.67. The van der Waals surface area contributed by atoms with Crippen LogP contribution in [0.3, 0.4) is 0 Å². The van der Waals surface area contributed by atoms with Crippen molar-refractivity contribution in [3.8, 4) is 0 Å². The molecule has 2 rings (SSSR count). The molecule has 0 aliphatic heterocycles. The highest BCUT2D eigenvalue weighted by Crippen LogP contribution is 2.21. The Labute approximate surface area is 133 Å². The molecule has 1 heterocycles. The number of carbonyl (C=O) groups excluding carboxylic acids is 1. The number of nitrogens with zero attached hydrogens (tertiary/aromatic N) is 1. The number of carbonyl (C=O) groups is 1. The second kappa shape index (κ2) is 7.45. The van der Waals surface area contributed by atoms with Crippen LogP contribution in [-0.4, -0.2) is 31.6 Å². The number of hydrogen-bond donors (Lipinski definition) is 2. The number of hydrogen-bond acceptors (Lipinski definition) is 3. The van der Waals surface area contributed by atoms with E-state index in [1.165, 1.54) is 5.56 Å². The smallest absolute Gasteiger partial charge is 0.319 e. The minimum atomic E-state index is -0.259. The van der Waals surface area contributed by atoms with Crippen LogP contribution in [0.2, 0.25) is 5.02 Å². The lowest BCUT2D eigenvalue weighted by Crippen LogP contribution is -2.36. The van der Waals surface area contributed by atoms with Gasteiger partial charge in [0.15, 0.2) is 0 Å². The lowest BCUT2D eigenvalue weighted by molar-refractivity contribution is 0.243. The van der Waals surface area contributed by atoms with Crippen LogP contribution in [0.15, 0.2) is 41.1 Å². The molecule has 2 aromatic rings. The van der Waals surface area contributed by atoms with E-state index < -0.39 is 0 Å². The van der Waals surface area contributed by atoms with E-state index in [4.69, 9.17) is 11.6 Å². The zero-order valence-corrected chi connectivity index (χ0v) is 13.5. The molecule has 0 bridgehead atoms. The van der Waals surface area contributed by atoms with Gasteiger partial charge in [-0.1, -0.05) is 23.7 Å². The molecular weight excluding hydrogens is 306 g/mol. The molecule has 4 nitrogen and oxygen atoms in total. The molecule has 112 valence electrons. The van der Waals surface area contributed by atoms with Crippen molar-refractivity contribution in [3.05, 3.63) is 51.7 Å². The van der Waals surface area contributed by atoms with E-state index in [9.17, 15) is 4.79 Å². The third kappa shape index (κ3) is 4.46. The molecule has 0 aliphatic rings. The van der Waals surface area contributed by atoms with E-state index in [1.54, 1.807) is 23.5 Å². The highest BCUT2D eigenvalue weighted by atomic mass is 35.5. The second-order valence-corrected chi connectivity index (χ2v) is 6.04. The summed E-state index contributed by atoms with van der Waals surface area (Å²) in [6.07, 6.45) is 0. The van der Waals surface area contributed by atoms with Crippen molar-refractivity contribution in [2.24, 2.45) is 0 Å². The Morgan fingerprint density at radius 3 is 2.71 bits per heavy atom. The average molecular weight is 324 g/mol. The Morgan fingerprint density at radius 1 is 1.33 bits per heavy atom. The largest absolute Gasteiger partial charge is 0.336 e. The van der Waals surface area contributed by atoms with Gasteiger partial charge in [0, 0.05) is 6.54 Å². The predicted molar refractivity (Wildman–Crippen MR) is 89.2 cm³/mol. The molecule has 0 saturated heterocycles. The van der Waals surface area contributed by atoms with Crippen LogP contribution in [0.4, 0.5) is 10.5 Å². The third-order valence-electron chi connectivity index (χ3n) is 3.13.